The van der Waals surface area contributed by atoms with Crippen LogP contribution in [0.3, 0.4) is 0 Å². The molecule has 0 aromatic heterocycles. The molecule has 0 radical (unpaired) electrons. The molecule has 3 aromatic rings. The molecule has 0 bridgehead atoms. The molecule has 22 heavy (non-hydrogen) atoms. The highest BCUT2D eigenvalue weighted by atomic mass is 16.5. The van der Waals surface area contributed by atoms with E-state index in [1.807, 2.05) is 36.4 Å². The van der Waals surface area contributed by atoms with Gasteiger partial charge in [-0.3, -0.25) is 0 Å². The fourth-order valence-electron chi connectivity index (χ4n) is 2.82. The van der Waals surface area contributed by atoms with E-state index in [4.69, 9.17) is 4.65 Å². The summed E-state index contributed by atoms with van der Waals surface area (Å²) in [5, 5.41) is 21.9. The van der Waals surface area contributed by atoms with Crippen molar-refractivity contribution in [1.82, 2.24) is 0 Å². The number of hydrogen-bond acceptors (Lipinski definition) is 3. The molecular formula is C18H13BO3. The van der Waals surface area contributed by atoms with Gasteiger partial charge in [0.2, 0.25) is 0 Å². The third-order valence-corrected chi connectivity index (χ3v) is 3.94. The smallest absolute Gasteiger partial charge is 0.532 e. The number of aromatic hydroxyl groups is 1. The summed E-state index contributed by atoms with van der Waals surface area (Å²) in [5.74, 6) is 0.871. The van der Waals surface area contributed by atoms with Crippen LogP contribution in [0.25, 0.3) is 22.3 Å². The third-order valence-electron chi connectivity index (χ3n) is 3.94. The second kappa shape index (κ2) is 4.93. The van der Waals surface area contributed by atoms with Gasteiger partial charge in [0.25, 0.3) is 0 Å². The first-order valence-electron chi connectivity index (χ1n) is 7.10. The standard InChI is InChI=1S/C18H13BO3/c20-14-8-5-13(6-9-14)17-11-16-15-4-2-1-3-12(15)7-10-18(16)22-19(17)21/h1-11,20-21H. The van der Waals surface area contributed by atoms with Gasteiger partial charge in [-0.2, -0.15) is 0 Å². The van der Waals surface area contributed by atoms with Gasteiger partial charge in [-0.15, -0.1) is 0 Å². The van der Waals surface area contributed by atoms with Gasteiger partial charge in [-0.05, 0) is 40.6 Å². The molecule has 1 aliphatic heterocycles. The monoisotopic (exact) mass is 288 g/mol. The molecule has 0 amide bonds. The Balaban J connectivity index is 1.93. The summed E-state index contributed by atoms with van der Waals surface area (Å²) in [4.78, 5) is 0. The number of benzene rings is 3. The largest absolute Gasteiger partial charge is 0.560 e. The van der Waals surface area contributed by atoms with E-state index in [1.54, 1.807) is 24.3 Å². The van der Waals surface area contributed by atoms with E-state index in [9.17, 15) is 10.1 Å². The molecule has 0 atom stereocenters. The summed E-state index contributed by atoms with van der Waals surface area (Å²) >= 11 is 0. The predicted molar refractivity (Wildman–Crippen MR) is 88.5 cm³/mol. The van der Waals surface area contributed by atoms with Gasteiger partial charge < -0.3 is 14.8 Å². The maximum atomic E-state index is 10.3. The van der Waals surface area contributed by atoms with Crippen molar-refractivity contribution >= 4 is 29.4 Å². The van der Waals surface area contributed by atoms with Gasteiger partial charge in [-0.25, -0.2) is 0 Å². The first-order chi connectivity index (χ1) is 10.7. The van der Waals surface area contributed by atoms with Crippen LogP contribution in [-0.2, 0) is 0 Å². The van der Waals surface area contributed by atoms with E-state index in [1.165, 1.54) is 0 Å². The van der Waals surface area contributed by atoms with Crippen LogP contribution in [0.1, 0.15) is 11.1 Å². The minimum absolute atomic E-state index is 0.196. The van der Waals surface area contributed by atoms with Crippen molar-refractivity contribution in [3.63, 3.8) is 0 Å². The van der Waals surface area contributed by atoms with Crippen LogP contribution < -0.4 is 4.65 Å². The molecule has 106 valence electrons. The molecule has 3 aromatic carbocycles. The fraction of sp³-hybridized carbons (Fsp3) is 0. The Hall–Kier alpha value is -2.72. The van der Waals surface area contributed by atoms with E-state index >= 15 is 0 Å². The molecule has 3 nitrogen and oxygen atoms in total. The summed E-state index contributed by atoms with van der Waals surface area (Å²) in [7, 11) is -1.02. The highest BCUT2D eigenvalue weighted by molar-refractivity contribution is 6.70. The lowest BCUT2D eigenvalue weighted by atomic mass is 9.71. The Labute approximate surface area is 128 Å². The molecule has 0 fully saturated rings. The van der Waals surface area contributed by atoms with E-state index in [0.29, 0.717) is 11.2 Å². The zero-order chi connectivity index (χ0) is 15.1. The normalized spacial score (nSPS) is 13.5. The summed E-state index contributed by atoms with van der Waals surface area (Å²) in [6, 6.07) is 18.7. The minimum Gasteiger partial charge on any atom is -0.532 e. The highest BCUT2D eigenvalue weighted by Crippen LogP contribution is 2.36. The first kappa shape index (κ1) is 13.0. The van der Waals surface area contributed by atoms with Crippen LogP contribution in [0.2, 0.25) is 0 Å². The molecular weight excluding hydrogens is 275 g/mol. The zero-order valence-corrected chi connectivity index (χ0v) is 11.7. The third kappa shape index (κ3) is 2.05. The predicted octanol–water partition coefficient (Wildman–Crippen LogP) is 3.50. The molecule has 1 aliphatic rings. The topological polar surface area (TPSA) is 49.7 Å². The Morgan fingerprint density at radius 3 is 2.45 bits per heavy atom. The number of phenols is 1. The number of phenolic OH excluding ortho intramolecular Hbond substituents is 1. The lowest BCUT2D eigenvalue weighted by Gasteiger charge is -2.22. The van der Waals surface area contributed by atoms with Gasteiger partial charge in [0, 0.05) is 11.0 Å². The summed E-state index contributed by atoms with van der Waals surface area (Å²) in [6.45, 7) is 0. The molecule has 4 heteroatoms. The van der Waals surface area contributed by atoms with E-state index in [0.717, 1.165) is 21.9 Å². The Morgan fingerprint density at radius 1 is 0.864 bits per heavy atom. The Bertz CT molecular complexity index is 884. The Morgan fingerprint density at radius 2 is 1.64 bits per heavy atom. The van der Waals surface area contributed by atoms with Crippen LogP contribution in [-0.4, -0.2) is 17.2 Å². The van der Waals surface area contributed by atoms with E-state index < -0.39 is 7.12 Å². The zero-order valence-electron chi connectivity index (χ0n) is 11.7. The van der Waals surface area contributed by atoms with Gasteiger partial charge in [0.05, 0.1) is 0 Å². The molecule has 1 heterocycles. The second-order valence-electron chi connectivity index (χ2n) is 5.32. The van der Waals surface area contributed by atoms with Crippen molar-refractivity contribution in [3.8, 4) is 11.5 Å². The molecule has 0 saturated carbocycles. The van der Waals surface area contributed by atoms with Crippen LogP contribution in [0.5, 0.6) is 11.5 Å². The second-order valence-corrected chi connectivity index (χ2v) is 5.32. The quantitative estimate of drug-likeness (QED) is 0.674. The van der Waals surface area contributed by atoms with Crippen molar-refractivity contribution < 1.29 is 14.8 Å². The maximum Gasteiger partial charge on any atom is 0.560 e. The molecule has 0 saturated heterocycles. The van der Waals surface area contributed by atoms with Gasteiger partial charge >= 0.3 is 7.12 Å². The average Bonchev–Trinajstić information content (AvgIpc) is 2.55. The lowest BCUT2D eigenvalue weighted by Crippen LogP contribution is -2.27. The lowest BCUT2D eigenvalue weighted by molar-refractivity contribution is 0.432. The Kier molecular flexibility index (Phi) is 2.91. The molecule has 2 N–H and O–H groups in total. The number of rotatable bonds is 1. The maximum absolute atomic E-state index is 10.3. The van der Waals surface area contributed by atoms with Crippen molar-refractivity contribution in [2.24, 2.45) is 0 Å². The fourth-order valence-corrected chi connectivity index (χ4v) is 2.82. The molecule has 4 rings (SSSR count). The average molecular weight is 288 g/mol. The van der Waals surface area contributed by atoms with Gasteiger partial charge in [-0.1, -0.05) is 42.5 Å². The number of fused-ring (bicyclic) bond motifs is 3. The van der Waals surface area contributed by atoms with E-state index in [2.05, 4.69) is 6.07 Å². The van der Waals surface area contributed by atoms with Crippen molar-refractivity contribution in [2.45, 2.75) is 0 Å². The van der Waals surface area contributed by atoms with Crippen molar-refractivity contribution in [2.75, 3.05) is 0 Å². The molecule has 0 spiro atoms. The van der Waals surface area contributed by atoms with Crippen LogP contribution in [0, 0.1) is 0 Å². The molecule has 0 aliphatic carbocycles. The highest BCUT2D eigenvalue weighted by Gasteiger charge is 2.29. The van der Waals surface area contributed by atoms with Gasteiger partial charge in [0.15, 0.2) is 0 Å². The van der Waals surface area contributed by atoms with Crippen molar-refractivity contribution in [3.05, 3.63) is 71.8 Å². The summed E-state index contributed by atoms with van der Waals surface area (Å²) < 4.78 is 5.66. The van der Waals surface area contributed by atoms with E-state index in [-0.39, 0.29) is 5.75 Å². The molecule has 0 unspecified atom stereocenters. The van der Waals surface area contributed by atoms with Crippen molar-refractivity contribution in [1.29, 1.82) is 0 Å². The van der Waals surface area contributed by atoms with Crippen LogP contribution in [0.4, 0.5) is 0 Å². The van der Waals surface area contributed by atoms with Crippen LogP contribution in [0.15, 0.2) is 60.7 Å². The van der Waals surface area contributed by atoms with Gasteiger partial charge in [0.1, 0.15) is 11.5 Å². The first-order valence-corrected chi connectivity index (χ1v) is 7.10. The minimum atomic E-state index is -1.02. The van der Waals surface area contributed by atoms with Crippen LogP contribution >= 0.6 is 0 Å². The summed E-state index contributed by atoms with van der Waals surface area (Å²) in [5.41, 5.74) is 2.47. The SMILES string of the molecule is OB1Oc2ccc3ccccc3c2C=C1c1ccc(O)cc1. The summed E-state index contributed by atoms with van der Waals surface area (Å²) in [6.07, 6.45) is 1.96. The number of hydrogen-bond donors (Lipinski definition) is 2.